The fourth-order valence-electron chi connectivity index (χ4n) is 1.75. The van der Waals surface area contributed by atoms with E-state index in [-0.39, 0.29) is 0 Å². The lowest BCUT2D eigenvalue weighted by Gasteiger charge is -2.17. The van der Waals surface area contributed by atoms with E-state index in [4.69, 9.17) is 15.6 Å². The first-order valence-corrected chi connectivity index (χ1v) is 5.12. The highest BCUT2D eigenvalue weighted by atomic mass is 19.1. The van der Waals surface area contributed by atoms with Crippen molar-refractivity contribution in [3.05, 3.63) is 22.5 Å². The van der Waals surface area contributed by atoms with Crippen molar-refractivity contribution in [3.8, 4) is 0 Å². The fourth-order valence-corrected chi connectivity index (χ4v) is 1.75. The number of nitrogen functional groups attached to an aromatic ring is 1. The first-order valence-electron chi connectivity index (χ1n) is 5.12. The van der Waals surface area contributed by atoms with E-state index in [1.54, 1.807) is 0 Å². The smallest absolute Gasteiger partial charge is 0.351 e. The van der Waals surface area contributed by atoms with Crippen LogP contribution < -0.4 is 11.4 Å². The Labute approximate surface area is 100 Å². The molecular formula is C9H12FN3O5. The SMILES string of the molecule is Nc1nc(=O)n([C@H]2O[C@H](CO)[C@@H](O)[C@H]2O)cc1F. The van der Waals surface area contributed by atoms with Crippen molar-refractivity contribution >= 4 is 5.82 Å². The molecule has 100 valence electrons. The average Bonchev–Trinajstić information content (AvgIpc) is 2.61. The first kappa shape index (κ1) is 12.9. The van der Waals surface area contributed by atoms with Gasteiger partial charge < -0.3 is 25.8 Å². The molecule has 1 aromatic heterocycles. The minimum atomic E-state index is -1.48. The van der Waals surface area contributed by atoms with Crippen LogP contribution in [0.2, 0.25) is 0 Å². The first-order chi connectivity index (χ1) is 8.45. The van der Waals surface area contributed by atoms with Crippen molar-refractivity contribution < 1.29 is 24.4 Å². The van der Waals surface area contributed by atoms with Gasteiger partial charge in [-0.25, -0.2) is 9.18 Å². The van der Waals surface area contributed by atoms with Crippen LogP contribution in [-0.4, -0.2) is 49.8 Å². The molecule has 0 bridgehead atoms. The summed E-state index contributed by atoms with van der Waals surface area (Å²) in [6.07, 6.45) is -4.52. The number of anilines is 1. The minimum Gasteiger partial charge on any atom is -0.394 e. The number of aliphatic hydroxyl groups excluding tert-OH is 3. The Kier molecular flexibility index (Phi) is 3.30. The third-order valence-corrected chi connectivity index (χ3v) is 2.73. The van der Waals surface area contributed by atoms with Gasteiger partial charge in [-0.15, -0.1) is 0 Å². The summed E-state index contributed by atoms with van der Waals surface area (Å²) in [6.45, 7) is -0.547. The highest BCUT2D eigenvalue weighted by Gasteiger charge is 2.43. The van der Waals surface area contributed by atoms with Crippen molar-refractivity contribution in [3.63, 3.8) is 0 Å². The number of halogens is 1. The number of hydrogen-bond acceptors (Lipinski definition) is 7. The van der Waals surface area contributed by atoms with E-state index >= 15 is 0 Å². The fraction of sp³-hybridized carbons (Fsp3) is 0.556. The van der Waals surface area contributed by atoms with E-state index in [9.17, 15) is 19.4 Å². The van der Waals surface area contributed by atoms with E-state index in [0.717, 1.165) is 6.20 Å². The molecule has 0 aliphatic carbocycles. The second-order valence-electron chi connectivity index (χ2n) is 3.89. The van der Waals surface area contributed by atoms with Crippen LogP contribution in [0.25, 0.3) is 0 Å². The van der Waals surface area contributed by atoms with Gasteiger partial charge in [0.1, 0.15) is 18.3 Å². The molecule has 0 spiro atoms. The molecule has 4 atom stereocenters. The summed E-state index contributed by atoms with van der Waals surface area (Å²) in [5, 5.41) is 28.1. The molecule has 5 N–H and O–H groups in total. The molecule has 1 fully saturated rings. The molecule has 0 radical (unpaired) electrons. The van der Waals surface area contributed by atoms with Crippen LogP contribution in [0.3, 0.4) is 0 Å². The summed E-state index contributed by atoms with van der Waals surface area (Å²) in [4.78, 5) is 14.7. The second-order valence-corrected chi connectivity index (χ2v) is 3.89. The molecule has 1 aliphatic heterocycles. The Morgan fingerprint density at radius 1 is 1.50 bits per heavy atom. The van der Waals surface area contributed by atoms with Crippen molar-refractivity contribution in [1.29, 1.82) is 0 Å². The van der Waals surface area contributed by atoms with Gasteiger partial charge >= 0.3 is 5.69 Å². The Morgan fingerprint density at radius 2 is 2.17 bits per heavy atom. The number of ether oxygens (including phenoxy) is 1. The monoisotopic (exact) mass is 261 g/mol. The summed E-state index contributed by atoms with van der Waals surface area (Å²) >= 11 is 0. The zero-order valence-electron chi connectivity index (χ0n) is 9.10. The van der Waals surface area contributed by atoms with Gasteiger partial charge in [0.15, 0.2) is 17.9 Å². The van der Waals surface area contributed by atoms with Crippen LogP contribution in [0.15, 0.2) is 11.0 Å². The number of nitrogens with zero attached hydrogens (tertiary/aromatic N) is 2. The van der Waals surface area contributed by atoms with E-state index in [0.29, 0.717) is 4.57 Å². The lowest BCUT2D eigenvalue weighted by atomic mass is 10.1. The molecular weight excluding hydrogens is 249 g/mol. The maximum Gasteiger partial charge on any atom is 0.351 e. The number of rotatable bonds is 2. The third kappa shape index (κ3) is 1.97. The standard InChI is InChI=1S/C9H12FN3O5/c10-3-1-13(9(17)12-7(3)11)8-6(16)5(15)4(2-14)18-8/h1,4-6,8,14-16H,2H2,(H2,11,12,17)/t4-,5-,6-,8+/m1/s1. The molecule has 0 amide bonds. The van der Waals surface area contributed by atoms with Crippen molar-refractivity contribution in [1.82, 2.24) is 9.55 Å². The van der Waals surface area contributed by atoms with Crippen LogP contribution in [0, 0.1) is 5.82 Å². The number of aromatic nitrogens is 2. The van der Waals surface area contributed by atoms with Crippen molar-refractivity contribution in [2.45, 2.75) is 24.5 Å². The van der Waals surface area contributed by atoms with Gasteiger partial charge in [0.05, 0.1) is 12.8 Å². The Morgan fingerprint density at radius 3 is 2.72 bits per heavy atom. The highest BCUT2D eigenvalue weighted by Crippen LogP contribution is 2.28. The van der Waals surface area contributed by atoms with Crippen LogP contribution in [-0.2, 0) is 4.74 Å². The number of hydrogen-bond donors (Lipinski definition) is 4. The van der Waals surface area contributed by atoms with Gasteiger partial charge in [0, 0.05) is 0 Å². The van der Waals surface area contributed by atoms with Crippen LogP contribution in [0.4, 0.5) is 10.2 Å². The van der Waals surface area contributed by atoms with Gasteiger partial charge in [0.25, 0.3) is 0 Å². The van der Waals surface area contributed by atoms with Crippen LogP contribution >= 0.6 is 0 Å². The largest absolute Gasteiger partial charge is 0.394 e. The molecule has 9 heteroatoms. The third-order valence-electron chi connectivity index (χ3n) is 2.73. The van der Waals surface area contributed by atoms with E-state index < -0.39 is 48.5 Å². The van der Waals surface area contributed by atoms with E-state index in [1.807, 2.05) is 0 Å². The van der Waals surface area contributed by atoms with E-state index in [2.05, 4.69) is 4.98 Å². The zero-order valence-corrected chi connectivity index (χ0v) is 9.10. The normalized spacial score (nSPS) is 31.8. The van der Waals surface area contributed by atoms with Gasteiger partial charge in [-0.3, -0.25) is 4.57 Å². The van der Waals surface area contributed by atoms with Crippen LogP contribution in [0.5, 0.6) is 0 Å². The predicted molar refractivity (Wildman–Crippen MR) is 55.9 cm³/mol. The maximum atomic E-state index is 13.2. The second kappa shape index (κ2) is 4.61. The van der Waals surface area contributed by atoms with Gasteiger partial charge in [0.2, 0.25) is 0 Å². The van der Waals surface area contributed by atoms with E-state index in [1.165, 1.54) is 0 Å². The Bertz CT molecular complexity index is 507. The molecule has 0 unspecified atom stereocenters. The van der Waals surface area contributed by atoms with Gasteiger partial charge in [-0.2, -0.15) is 4.98 Å². The summed E-state index contributed by atoms with van der Waals surface area (Å²) in [7, 11) is 0. The predicted octanol–water partition coefficient (Wildman–Crippen LogP) is -2.42. The number of aliphatic hydroxyl groups is 3. The van der Waals surface area contributed by atoms with Gasteiger partial charge in [-0.1, -0.05) is 0 Å². The summed E-state index contributed by atoms with van der Waals surface area (Å²) in [5.41, 5.74) is 4.18. The lowest BCUT2D eigenvalue weighted by molar-refractivity contribution is -0.0553. The topological polar surface area (TPSA) is 131 Å². The average molecular weight is 261 g/mol. The summed E-state index contributed by atoms with van der Waals surface area (Å²) < 4.78 is 19.0. The Balaban J connectivity index is 2.39. The number of nitrogens with two attached hydrogens (primary N) is 1. The Hall–Kier alpha value is -1.55. The molecule has 0 saturated carbocycles. The molecule has 2 heterocycles. The van der Waals surface area contributed by atoms with Crippen molar-refractivity contribution in [2.75, 3.05) is 12.3 Å². The highest BCUT2D eigenvalue weighted by molar-refractivity contribution is 5.26. The quantitative estimate of drug-likeness (QED) is 0.465. The molecule has 0 aromatic carbocycles. The summed E-state index contributed by atoms with van der Waals surface area (Å²) in [6, 6.07) is 0. The maximum absolute atomic E-state index is 13.2. The lowest BCUT2D eigenvalue weighted by Crippen LogP contribution is -2.36. The summed E-state index contributed by atoms with van der Waals surface area (Å²) in [5.74, 6) is -1.52. The molecule has 18 heavy (non-hydrogen) atoms. The molecule has 2 rings (SSSR count). The molecule has 1 aromatic rings. The molecule has 8 nitrogen and oxygen atoms in total. The van der Waals surface area contributed by atoms with Crippen LogP contribution in [0.1, 0.15) is 6.23 Å². The molecule has 1 aliphatic rings. The molecule has 1 saturated heterocycles. The van der Waals surface area contributed by atoms with Gasteiger partial charge in [-0.05, 0) is 0 Å². The zero-order chi connectivity index (χ0) is 13.4. The minimum absolute atomic E-state index is 0.547. The van der Waals surface area contributed by atoms with Crippen molar-refractivity contribution in [2.24, 2.45) is 0 Å².